The maximum atomic E-state index is 12.6. The summed E-state index contributed by atoms with van der Waals surface area (Å²) in [5.41, 5.74) is 1.07. The van der Waals surface area contributed by atoms with Crippen LogP contribution in [0.5, 0.6) is 5.75 Å². The predicted octanol–water partition coefficient (Wildman–Crippen LogP) is 2.55. The highest BCUT2D eigenvalue weighted by atomic mass is 35.5. The molecule has 3 N–H and O–H groups in total. The molecule has 1 saturated heterocycles. The van der Waals surface area contributed by atoms with E-state index in [-0.39, 0.29) is 24.2 Å². The van der Waals surface area contributed by atoms with Gasteiger partial charge in [-0.05, 0) is 18.6 Å². The molecule has 2 aromatic rings. The first kappa shape index (κ1) is 19.7. The predicted molar refractivity (Wildman–Crippen MR) is 103 cm³/mol. The maximum absolute atomic E-state index is 12.6. The van der Waals surface area contributed by atoms with Gasteiger partial charge in [-0.1, -0.05) is 30.3 Å². The van der Waals surface area contributed by atoms with Gasteiger partial charge in [0.05, 0.1) is 12.7 Å². The second-order valence-corrected chi connectivity index (χ2v) is 6.85. The quantitative estimate of drug-likeness (QED) is 0.718. The summed E-state index contributed by atoms with van der Waals surface area (Å²) >= 11 is 1.43. The van der Waals surface area contributed by atoms with Gasteiger partial charge in [-0.2, -0.15) is 0 Å². The summed E-state index contributed by atoms with van der Waals surface area (Å²) in [6.07, 6.45) is -0.403. The Labute approximate surface area is 157 Å². The number of amides is 1. The molecule has 0 radical (unpaired) electrons. The lowest BCUT2D eigenvalue weighted by molar-refractivity contribution is 0.0928. The zero-order chi connectivity index (χ0) is 16.9. The molecule has 1 amide bonds. The summed E-state index contributed by atoms with van der Waals surface area (Å²) in [6, 6.07) is 11.9. The number of rotatable bonds is 6. The van der Waals surface area contributed by atoms with Crippen LogP contribution in [0.15, 0.2) is 36.4 Å². The van der Waals surface area contributed by atoms with Crippen LogP contribution in [0.3, 0.4) is 0 Å². The van der Waals surface area contributed by atoms with Crippen molar-refractivity contribution in [1.29, 1.82) is 0 Å². The van der Waals surface area contributed by atoms with E-state index in [4.69, 9.17) is 4.74 Å². The second-order valence-electron chi connectivity index (χ2n) is 5.80. The van der Waals surface area contributed by atoms with Gasteiger partial charge < -0.3 is 20.5 Å². The molecule has 136 valence electrons. The highest BCUT2D eigenvalue weighted by molar-refractivity contribution is 7.17. The number of ether oxygens (including phenoxy) is 1. The smallest absolute Gasteiger partial charge is 0.265 e. The summed E-state index contributed by atoms with van der Waals surface area (Å²) in [4.78, 5) is 14.2. The van der Waals surface area contributed by atoms with Crippen LogP contribution in [-0.2, 0) is 0 Å². The highest BCUT2D eigenvalue weighted by Crippen LogP contribution is 2.36. The number of carbonyl (C=O) groups is 1. The van der Waals surface area contributed by atoms with Crippen LogP contribution >= 0.6 is 23.7 Å². The third-order valence-electron chi connectivity index (χ3n) is 4.09. The molecule has 0 spiro atoms. The minimum absolute atomic E-state index is 0. The van der Waals surface area contributed by atoms with E-state index in [9.17, 15) is 9.90 Å². The Bertz CT molecular complexity index is 693. The third kappa shape index (κ3) is 4.73. The van der Waals surface area contributed by atoms with Crippen molar-refractivity contribution in [3.8, 4) is 16.2 Å². The number of benzene rings is 1. The van der Waals surface area contributed by atoms with E-state index in [1.54, 1.807) is 0 Å². The van der Waals surface area contributed by atoms with Gasteiger partial charge in [0.25, 0.3) is 5.91 Å². The van der Waals surface area contributed by atoms with Crippen LogP contribution in [-0.4, -0.2) is 43.4 Å². The fourth-order valence-electron chi connectivity index (χ4n) is 2.77. The number of β-amino-alcohol motifs (C(OH)–C–C–N with tert-alkyl or cyclic N) is 1. The Morgan fingerprint density at radius 2 is 2.12 bits per heavy atom. The van der Waals surface area contributed by atoms with E-state index >= 15 is 0 Å². The van der Waals surface area contributed by atoms with Crippen LogP contribution in [0.4, 0.5) is 0 Å². The molecule has 5 nitrogen and oxygen atoms in total. The van der Waals surface area contributed by atoms with Gasteiger partial charge >= 0.3 is 0 Å². The van der Waals surface area contributed by atoms with Crippen molar-refractivity contribution in [3.05, 3.63) is 41.3 Å². The fourth-order valence-corrected chi connectivity index (χ4v) is 3.79. The van der Waals surface area contributed by atoms with E-state index in [2.05, 4.69) is 10.6 Å². The van der Waals surface area contributed by atoms with Crippen LogP contribution in [0.1, 0.15) is 16.6 Å². The molecule has 2 unspecified atom stereocenters. The first-order valence-corrected chi connectivity index (χ1v) is 8.99. The van der Waals surface area contributed by atoms with Crippen molar-refractivity contribution in [2.45, 2.75) is 13.0 Å². The Morgan fingerprint density at radius 1 is 1.36 bits per heavy atom. The van der Waals surface area contributed by atoms with Gasteiger partial charge in [0, 0.05) is 30.4 Å². The molecule has 0 saturated carbocycles. The van der Waals surface area contributed by atoms with Gasteiger partial charge in [0.2, 0.25) is 0 Å². The number of carbonyl (C=O) groups excluding carboxylic acids is 1. The summed E-state index contributed by atoms with van der Waals surface area (Å²) in [5.74, 6) is 0.520. The number of hydrogen-bond acceptors (Lipinski definition) is 5. The van der Waals surface area contributed by atoms with Crippen LogP contribution in [0.25, 0.3) is 10.4 Å². The molecule has 1 aliphatic rings. The average Bonchev–Trinajstić information content (AvgIpc) is 3.20. The molecule has 25 heavy (non-hydrogen) atoms. The van der Waals surface area contributed by atoms with E-state index < -0.39 is 6.10 Å². The van der Waals surface area contributed by atoms with Gasteiger partial charge in [-0.25, -0.2) is 0 Å². The first-order chi connectivity index (χ1) is 11.7. The monoisotopic (exact) mass is 382 g/mol. The fraction of sp³-hybridized carbons (Fsp3) is 0.389. The molecule has 1 aromatic carbocycles. The third-order valence-corrected chi connectivity index (χ3v) is 5.26. The van der Waals surface area contributed by atoms with Gasteiger partial charge in [0.1, 0.15) is 10.6 Å². The lowest BCUT2D eigenvalue weighted by atomic mass is 10.1. The normalized spacial score (nSPS) is 19.3. The van der Waals surface area contributed by atoms with Crippen LogP contribution < -0.4 is 15.4 Å². The van der Waals surface area contributed by atoms with E-state index in [0.717, 1.165) is 17.0 Å². The van der Waals surface area contributed by atoms with Crippen molar-refractivity contribution in [3.63, 3.8) is 0 Å². The Balaban J connectivity index is 0.00000225. The highest BCUT2D eigenvalue weighted by Gasteiger charge is 2.26. The molecular weight excluding hydrogens is 360 g/mol. The largest absolute Gasteiger partial charge is 0.492 e. The number of halogens is 1. The molecular formula is C18H23ClN2O3S. The lowest BCUT2D eigenvalue weighted by Crippen LogP contribution is -2.34. The molecule has 1 fully saturated rings. The second kappa shape index (κ2) is 9.20. The van der Waals surface area contributed by atoms with Crippen molar-refractivity contribution in [2.24, 2.45) is 5.92 Å². The molecule has 7 heteroatoms. The topological polar surface area (TPSA) is 70.6 Å². The Hall–Kier alpha value is -1.60. The molecule has 3 rings (SSSR count). The van der Waals surface area contributed by atoms with E-state index in [1.807, 2.05) is 43.3 Å². The summed E-state index contributed by atoms with van der Waals surface area (Å²) in [5, 5.41) is 15.9. The van der Waals surface area contributed by atoms with Crippen molar-refractivity contribution in [1.82, 2.24) is 10.6 Å². The minimum atomic E-state index is -0.403. The van der Waals surface area contributed by atoms with Gasteiger partial charge in [-0.3, -0.25) is 4.79 Å². The summed E-state index contributed by atoms with van der Waals surface area (Å²) < 4.78 is 5.64. The van der Waals surface area contributed by atoms with Gasteiger partial charge in [-0.15, -0.1) is 23.7 Å². The minimum Gasteiger partial charge on any atom is -0.492 e. The maximum Gasteiger partial charge on any atom is 0.265 e. The van der Waals surface area contributed by atoms with Crippen LogP contribution in [0, 0.1) is 5.92 Å². The summed E-state index contributed by atoms with van der Waals surface area (Å²) in [6.45, 7) is 4.18. The molecule has 0 aliphatic carbocycles. The van der Waals surface area contributed by atoms with Crippen molar-refractivity contribution in [2.75, 3.05) is 26.2 Å². The molecule has 2 atom stereocenters. The SMILES string of the molecule is CCOc1cc(-c2ccccc2)sc1C(=O)NCC1CNCC1O.Cl. The van der Waals surface area contributed by atoms with Gasteiger partial charge in [0.15, 0.2) is 0 Å². The number of aliphatic hydroxyl groups excluding tert-OH is 1. The number of nitrogens with one attached hydrogen (secondary N) is 2. The standard InChI is InChI=1S/C18H22N2O3S.ClH/c1-2-23-15-8-16(12-6-4-3-5-7-12)24-17(15)18(22)20-10-13-9-19-11-14(13)21;/h3-8,13-14,19,21H,2,9-11H2,1H3,(H,20,22);1H. The van der Waals surface area contributed by atoms with Crippen molar-refractivity contribution < 1.29 is 14.6 Å². The van der Waals surface area contributed by atoms with E-state index in [0.29, 0.717) is 30.3 Å². The Morgan fingerprint density at radius 3 is 2.76 bits per heavy atom. The molecule has 1 aromatic heterocycles. The van der Waals surface area contributed by atoms with E-state index in [1.165, 1.54) is 11.3 Å². The number of aliphatic hydroxyl groups is 1. The number of hydrogen-bond donors (Lipinski definition) is 3. The average molecular weight is 383 g/mol. The zero-order valence-electron chi connectivity index (χ0n) is 14.0. The molecule has 0 bridgehead atoms. The zero-order valence-corrected chi connectivity index (χ0v) is 15.7. The summed E-state index contributed by atoms with van der Waals surface area (Å²) in [7, 11) is 0. The molecule has 1 aliphatic heterocycles. The lowest BCUT2D eigenvalue weighted by Gasteiger charge is -2.14. The molecule has 2 heterocycles. The first-order valence-electron chi connectivity index (χ1n) is 8.18. The van der Waals surface area contributed by atoms with Crippen LogP contribution in [0.2, 0.25) is 0 Å². The number of thiophene rings is 1. The Kier molecular flexibility index (Phi) is 7.25. The van der Waals surface area contributed by atoms with Crippen molar-refractivity contribution >= 4 is 29.7 Å².